The summed E-state index contributed by atoms with van der Waals surface area (Å²) in [7, 11) is 0. The van der Waals surface area contributed by atoms with Crippen LogP contribution in [0.25, 0.3) is 0 Å². The van der Waals surface area contributed by atoms with Crippen molar-refractivity contribution in [3.63, 3.8) is 0 Å². The molecule has 14 heavy (non-hydrogen) atoms. The van der Waals surface area contributed by atoms with Crippen molar-refractivity contribution in [3.8, 4) is 0 Å². The standard InChI is InChI=1S/C13H19N/c1-9-4-5-12(10(2)6-9)8-14-13-7-11(13)3/h4-6,11,13-14H,7-8H2,1-3H3. The SMILES string of the molecule is Cc1ccc(CNC2CC2C)c(C)c1. The molecule has 1 aliphatic carbocycles. The van der Waals surface area contributed by atoms with Crippen LogP contribution in [0.3, 0.4) is 0 Å². The van der Waals surface area contributed by atoms with E-state index in [2.05, 4.69) is 44.3 Å². The smallest absolute Gasteiger partial charge is 0.0210 e. The van der Waals surface area contributed by atoms with Crippen molar-refractivity contribution >= 4 is 0 Å². The maximum atomic E-state index is 3.58. The van der Waals surface area contributed by atoms with Gasteiger partial charge in [-0.3, -0.25) is 0 Å². The summed E-state index contributed by atoms with van der Waals surface area (Å²) in [6.07, 6.45) is 1.35. The van der Waals surface area contributed by atoms with Gasteiger partial charge in [-0.05, 0) is 37.3 Å². The third-order valence-electron chi connectivity index (χ3n) is 3.16. The maximum absolute atomic E-state index is 3.58. The highest BCUT2D eigenvalue weighted by Crippen LogP contribution is 2.29. The monoisotopic (exact) mass is 189 g/mol. The Morgan fingerprint density at radius 1 is 1.36 bits per heavy atom. The summed E-state index contributed by atoms with van der Waals surface area (Å²) in [5.74, 6) is 0.890. The maximum Gasteiger partial charge on any atom is 0.0210 e. The predicted octanol–water partition coefficient (Wildman–Crippen LogP) is 2.80. The van der Waals surface area contributed by atoms with Crippen LogP contribution in [-0.4, -0.2) is 6.04 Å². The van der Waals surface area contributed by atoms with Crippen LogP contribution in [0.2, 0.25) is 0 Å². The van der Waals surface area contributed by atoms with Crippen molar-refractivity contribution < 1.29 is 0 Å². The Kier molecular flexibility index (Phi) is 2.60. The Labute approximate surface area is 86.5 Å². The third kappa shape index (κ3) is 2.16. The quantitative estimate of drug-likeness (QED) is 0.771. The van der Waals surface area contributed by atoms with E-state index in [0.29, 0.717) is 0 Å². The van der Waals surface area contributed by atoms with E-state index in [0.717, 1.165) is 18.5 Å². The topological polar surface area (TPSA) is 12.0 Å². The summed E-state index contributed by atoms with van der Waals surface area (Å²) in [5, 5.41) is 3.58. The van der Waals surface area contributed by atoms with Crippen LogP contribution in [-0.2, 0) is 6.54 Å². The Morgan fingerprint density at radius 2 is 2.07 bits per heavy atom. The molecule has 0 bridgehead atoms. The van der Waals surface area contributed by atoms with E-state index in [1.807, 2.05) is 0 Å². The van der Waals surface area contributed by atoms with Crippen molar-refractivity contribution in [3.05, 3.63) is 34.9 Å². The molecule has 0 aromatic heterocycles. The van der Waals surface area contributed by atoms with E-state index in [1.54, 1.807) is 0 Å². The van der Waals surface area contributed by atoms with Gasteiger partial charge in [-0.25, -0.2) is 0 Å². The first-order valence-corrected chi connectivity index (χ1v) is 5.46. The zero-order chi connectivity index (χ0) is 10.1. The van der Waals surface area contributed by atoms with Crippen molar-refractivity contribution in [1.29, 1.82) is 0 Å². The van der Waals surface area contributed by atoms with Gasteiger partial charge in [0.05, 0.1) is 0 Å². The Bertz CT molecular complexity index is 330. The van der Waals surface area contributed by atoms with Gasteiger partial charge in [0.25, 0.3) is 0 Å². The Morgan fingerprint density at radius 3 is 2.64 bits per heavy atom. The lowest BCUT2D eigenvalue weighted by molar-refractivity contribution is 0.650. The van der Waals surface area contributed by atoms with Gasteiger partial charge >= 0.3 is 0 Å². The molecule has 1 aromatic rings. The van der Waals surface area contributed by atoms with E-state index in [4.69, 9.17) is 0 Å². The molecule has 2 unspecified atom stereocenters. The molecule has 0 amide bonds. The fraction of sp³-hybridized carbons (Fsp3) is 0.538. The van der Waals surface area contributed by atoms with E-state index in [1.165, 1.54) is 23.1 Å². The van der Waals surface area contributed by atoms with Gasteiger partial charge in [0, 0.05) is 12.6 Å². The number of benzene rings is 1. The molecule has 2 atom stereocenters. The molecule has 1 N–H and O–H groups in total. The number of rotatable bonds is 3. The minimum Gasteiger partial charge on any atom is -0.310 e. The summed E-state index contributed by atoms with van der Waals surface area (Å²) in [6, 6.07) is 7.47. The van der Waals surface area contributed by atoms with Gasteiger partial charge in [-0.15, -0.1) is 0 Å². The van der Waals surface area contributed by atoms with Crippen LogP contribution in [0.4, 0.5) is 0 Å². The number of nitrogens with one attached hydrogen (secondary N) is 1. The zero-order valence-corrected chi connectivity index (χ0v) is 9.30. The minimum atomic E-state index is 0.774. The van der Waals surface area contributed by atoms with Gasteiger partial charge < -0.3 is 5.32 Å². The average molecular weight is 189 g/mol. The van der Waals surface area contributed by atoms with Gasteiger partial charge in [0.2, 0.25) is 0 Å². The van der Waals surface area contributed by atoms with Crippen LogP contribution in [0, 0.1) is 19.8 Å². The van der Waals surface area contributed by atoms with Gasteiger partial charge in [0.15, 0.2) is 0 Å². The molecule has 0 spiro atoms. The molecule has 76 valence electrons. The molecule has 1 fully saturated rings. The summed E-state index contributed by atoms with van der Waals surface area (Å²) in [4.78, 5) is 0. The molecular weight excluding hydrogens is 170 g/mol. The second-order valence-electron chi connectivity index (χ2n) is 4.63. The van der Waals surface area contributed by atoms with Crippen molar-refractivity contribution in [1.82, 2.24) is 5.32 Å². The van der Waals surface area contributed by atoms with Crippen molar-refractivity contribution in [2.75, 3.05) is 0 Å². The van der Waals surface area contributed by atoms with Crippen LogP contribution in [0.15, 0.2) is 18.2 Å². The normalized spacial score (nSPS) is 25.1. The Balaban J connectivity index is 1.95. The molecule has 1 aromatic carbocycles. The number of aryl methyl sites for hydroxylation is 2. The van der Waals surface area contributed by atoms with E-state index in [-0.39, 0.29) is 0 Å². The second-order valence-corrected chi connectivity index (χ2v) is 4.63. The summed E-state index contributed by atoms with van der Waals surface area (Å²) in [5.41, 5.74) is 4.20. The number of hydrogen-bond acceptors (Lipinski definition) is 1. The minimum absolute atomic E-state index is 0.774. The van der Waals surface area contributed by atoms with Crippen LogP contribution in [0.1, 0.15) is 30.0 Å². The second kappa shape index (κ2) is 3.74. The molecule has 1 aliphatic rings. The molecule has 2 rings (SSSR count). The highest BCUT2D eigenvalue weighted by molar-refractivity contribution is 5.30. The first kappa shape index (κ1) is 9.72. The third-order valence-corrected chi connectivity index (χ3v) is 3.16. The largest absolute Gasteiger partial charge is 0.310 e. The van der Waals surface area contributed by atoms with Crippen LogP contribution < -0.4 is 5.32 Å². The first-order chi connectivity index (χ1) is 6.66. The van der Waals surface area contributed by atoms with Crippen molar-refractivity contribution in [2.24, 2.45) is 5.92 Å². The van der Waals surface area contributed by atoms with E-state index < -0.39 is 0 Å². The van der Waals surface area contributed by atoms with Crippen LogP contribution >= 0.6 is 0 Å². The lowest BCUT2D eigenvalue weighted by atomic mass is 10.1. The highest BCUT2D eigenvalue weighted by atomic mass is 15.0. The Hall–Kier alpha value is -0.820. The summed E-state index contributed by atoms with van der Waals surface area (Å²) < 4.78 is 0. The molecule has 0 saturated heterocycles. The molecule has 0 heterocycles. The van der Waals surface area contributed by atoms with Crippen molar-refractivity contribution in [2.45, 2.75) is 39.8 Å². The van der Waals surface area contributed by atoms with E-state index >= 15 is 0 Å². The fourth-order valence-corrected chi connectivity index (χ4v) is 1.89. The molecule has 1 nitrogen and oxygen atoms in total. The molecular formula is C13H19N. The predicted molar refractivity (Wildman–Crippen MR) is 60.3 cm³/mol. The molecule has 1 saturated carbocycles. The number of hydrogen-bond donors (Lipinski definition) is 1. The highest BCUT2D eigenvalue weighted by Gasteiger charge is 2.31. The fourth-order valence-electron chi connectivity index (χ4n) is 1.89. The average Bonchev–Trinajstić information content (AvgIpc) is 2.80. The van der Waals surface area contributed by atoms with Gasteiger partial charge in [-0.1, -0.05) is 30.7 Å². The molecule has 0 aliphatic heterocycles. The summed E-state index contributed by atoms with van der Waals surface area (Å²) >= 11 is 0. The van der Waals surface area contributed by atoms with Gasteiger partial charge in [-0.2, -0.15) is 0 Å². The molecule has 0 radical (unpaired) electrons. The first-order valence-electron chi connectivity index (χ1n) is 5.46. The summed E-state index contributed by atoms with van der Waals surface area (Å²) in [6.45, 7) is 7.67. The van der Waals surface area contributed by atoms with Gasteiger partial charge in [0.1, 0.15) is 0 Å². The zero-order valence-electron chi connectivity index (χ0n) is 9.30. The van der Waals surface area contributed by atoms with E-state index in [9.17, 15) is 0 Å². The lowest BCUT2D eigenvalue weighted by Gasteiger charge is -2.07. The van der Waals surface area contributed by atoms with Crippen LogP contribution in [0.5, 0.6) is 0 Å². The lowest BCUT2D eigenvalue weighted by Crippen LogP contribution is -2.17. The molecule has 1 heteroatoms.